The standard InChI is InChI=1S/C28H39NO18/c1-11(30)29-21-24(41-15(5)34)22(19(9-38-12(2)31)45-27(21)44-18(8)37)47-28-26(43-17(7)36)25(42-16(6)35)23(40-14(4)33)20(46-28)10-39-13(3)32/h19-28H,9-10H2,1-8H3,(H,29,30)/t19-,20-,21-,22-,23+,24-,25+,26-,27?,28+/m1/s1. The third kappa shape index (κ3) is 12.1. The normalized spacial score (nSPS) is 30.0. The Morgan fingerprint density at radius 2 is 0.872 bits per heavy atom. The monoisotopic (exact) mass is 677 g/mol. The number of hydrogen-bond acceptors (Lipinski definition) is 18. The number of hydrogen-bond donors (Lipinski definition) is 1. The highest BCUT2D eigenvalue weighted by Gasteiger charge is 2.57. The van der Waals surface area contributed by atoms with Crippen LogP contribution in [-0.4, -0.2) is 122 Å². The molecule has 1 amide bonds. The van der Waals surface area contributed by atoms with E-state index in [-0.39, 0.29) is 0 Å². The summed E-state index contributed by atoms with van der Waals surface area (Å²) in [5, 5.41) is 2.48. The first kappa shape index (κ1) is 38.8. The predicted octanol–water partition coefficient (Wildman–Crippen LogP) is -1.26. The van der Waals surface area contributed by atoms with Gasteiger partial charge in [-0.15, -0.1) is 0 Å². The summed E-state index contributed by atoms with van der Waals surface area (Å²) in [6.45, 7) is 7.30. The van der Waals surface area contributed by atoms with Crippen LogP contribution in [0.2, 0.25) is 0 Å². The lowest BCUT2D eigenvalue weighted by Crippen LogP contribution is -2.69. The highest BCUT2D eigenvalue weighted by Crippen LogP contribution is 2.34. The van der Waals surface area contributed by atoms with Crippen LogP contribution in [0.25, 0.3) is 0 Å². The lowest BCUT2D eigenvalue weighted by atomic mass is 9.94. The van der Waals surface area contributed by atoms with Crippen LogP contribution >= 0.6 is 0 Å². The van der Waals surface area contributed by atoms with Crippen molar-refractivity contribution in [1.29, 1.82) is 0 Å². The molecule has 2 saturated heterocycles. The topological polar surface area (TPSA) is 241 Å². The van der Waals surface area contributed by atoms with Crippen molar-refractivity contribution in [1.82, 2.24) is 5.32 Å². The fourth-order valence-corrected chi connectivity index (χ4v) is 4.84. The Balaban J connectivity index is 2.73. The molecule has 0 aliphatic carbocycles. The van der Waals surface area contributed by atoms with Crippen LogP contribution < -0.4 is 5.32 Å². The molecule has 1 N–H and O–H groups in total. The van der Waals surface area contributed by atoms with Gasteiger partial charge < -0.3 is 52.7 Å². The van der Waals surface area contributed by atoms with Crippen molar-refractivity contribution in [2.75, 3.05) is 13.2 Å². The molecule has 0 radical (unpaired) electrons. The molecule has 0 bridgehead atoms. The maximum absolute atomic E-state index is 12.3. The van der Waals surface area contributed by atoms with Gasteiger partial charge in [-0.05, 0) is 0 Å². The molecule has 2 aliphatic heterocycles. The number of rotatable bonds is 12. The largest absolute Gasteiger partial charge is 0.463 e. The van der Waals surface area contributed by atoms with Gasteiger partial charge in [-0.2, -0.15) is 0 Å². The van der Waals surface area contributed by atoms with Crippen LogP contribution in [0.5, 0.6) is 0 Å². The van der Waals surface area contributed by atoms with E-state index in [4.69, 9.17) is 47.4 Å². The van der Waals surface area contributed by atoms with Gasteiger partial charge in [-0.3, -0.25) is 38.4 Å². The van der Waals surface area contributed by atoms with E-state index >= 15 is 0 Å². The van der Waals surface area contributed by atoms with Crippen molar-refractivity contribution >= 4 is 47.7 Å². The number of esters is 7. The number of nitrogens with one attached hydrogen (secondary N) is 1. The fraction of sp³-hybridized carbons (Fsp3) is 0.714. The Labute approximate surface area is 269 Å². The summed E-state index contributed by atoms with van der Waals surface area (Å²) in [5.41, 5.74) is 0. The highest BCUT2D eigenvalue weighted by molar-refractivity contribution is 5.74. The molecule has 0 aromatic heterocycles. The Morgan fingerprint density at radius 3 is 1.32 bits per heavy atom. The van der Waals surface area contributed by atoms with Crippen molar-refractivity contribution in [3.05, 3.63) is 0 Å². The van der Waals surface area contributed by atoms with Gasteiger partial charge in [0, 0.05) is 55.4 Å². The van der Waals surface area contributed by atoms with Crippen LogP contribution in [0.3, 0.4) is 0 Å². The van der Waals surface area contributed by atoms with Gasteiger partial charge in [-0.1, -0.05) is 0 Å². The SMILES string of the molecule is CC(=O)N[C@H]1C(OC(C)=O)O[C@H](COC(C)=O)[C@@H](O[C@@H]2O[C@H](COC(C)=O)[C@H](OC(C)=O)[C@H](OC(C)=O)[C@H]2OC(C)=O)[C@@H]1OC(C)=O. The third-order valence-electron chi connectivity index (χ3n) is 6.29. The molecule has 2 fully saturated rings. The minimum absolute atomic E-state index is 0.577. The summed E-state index contributed by atoms with van der Waals surface area (Å²) in [4.78, 5) is 96.5. The van der Waals surface area contributed by atoms with Crippen LogP contribution in [0.15, 0.2) is 0 Å². The van der Waals surface area contributed by atoms with E-state index in [1.165, 1.54) is 0 Å². The van der Waals surface area contributed by atoms with Gasteiger partial charge in [0.15, 0.2) is 30.7 Å². The molecule has 2 rings (SSSR count). The third-order valence-corrected chi connectivity index (χ3v) is 6.29. The molecule has 0 spiro atoms. The molecular formula is C28H39NO18. The maximum Gasteiger partial charge on any atom is 0.305 e. The van der Waals surface area contributed by atoms with Gasteiger partial charge in [0.2, 0.25) is 12.2 Å². The molecule has 2 heterocycles. The van der Waals surface area contributed by atoms with Crippen molar-refractivity contribution in [3.63, 3.8) is 0 Å². The summed E-state index contributed by atoms with van der Waals surface area (Å²) < 4.78 is 55.2. The number of amides is 1. The van der Waals surface area contributed by atoms with Gasteiger partial charge in [0.1, 0.15) is 37.6 Å². The van der Waals surface area contributed by atoms with E-state index < -0.39 is 122 Å². The molecular weight excluding hydrogens is 638 g/mol. The first-order chi connectivity index (χ1) is 21.9. The number of carbonyl (C=O) groups excluding carboxylic acids is 8. The molecule has 19 heteroatoms. The second kappa shape index (κ2) is 17.5. The summed E-state index contributed by atoms with van der Waals surface area (Å²) in [5.74, 6) is -6.64. The lowest BCUT2D eigenvalue weighted by molar-refractivity contribution is -0.348. The molecule has 2 aliphatic rings. The van der Waals surface area contributed by atoms with E-state index in [9.17, 15) is 38.4 Å². The fourth-order valence-electron chi connectivity index (χ4n) is 4.84. The van der Waals surface area contributed by atoms with Gasteiger partial charge in [0.25, 0.3) is 0 Å². The van der Waals surface area contributed by atoms with Gasteiger partial charge in [0.05, 0.1) is 0 Å². The smallest absolute Gasteiger partial charge is 0.305 e. The predicted molar refractivity (Wildman–Crippen MR) is 147 cm³/mol. The van der Waals surface area contributed by atoms with Crippen LogP contribution in [0.1, 0.15) is 55.4 Å². The van der Waals surface area contributed by atoms with Crippen molar-refractivity contribution < 1.29 is 85.7 Å². The quantitative estimate of drug-likeness (QED) is 0.187. The van der Waals surface area contributed by atoms with Crippen LogP contribution in [-0.2, 0) is 85.7 Å². The van der Waals surface area contributed by atoms with E-state index in [1.54, 1.807) is 0 Å². The minimum Gasteiger partial charge on any atom is -0.463 e. The average molecular weight is 678 g/mol. The van der Waals surface area contributed by atoms with E-state index in [2.05, 4.69) is 5.32 Å². The molecule has 0 aromatic carbocycles. The summed E-state index contributed by atoms with van der Waals surface area (Å²) in [6, 6.07) is -1.43. The van der Waals surface area contributed by atoms with E-state index in [0.717, 1.165) is 55.4 Å². The summed E-state index contributed by atoms with van der Waals surface area (Å²) in [7, 11) is 0. The van der Waals surface area contributed by atoms with E-state index in [0.29, 0.717) is 0 Å². The summed E-state index contributed by atoms with van der Waals surface area (Å²) >= 11 is 0. The minimum atomic E-state index is -1.80. The first-order valence-corrected chi connectivity index (χ1v) is 14.3. The molecule has 19 nitrogen and oxygen atoms in total. The Morgan fingerprint density at radius 1 is 0.468 bits per heavy atom. The average Bonchev–Trinajstić information content (AvgIpc) is 2.91. The summed E-state index contributed by atoms with van der Waals surface area (Å²) in [6.07, 6.45) is -14.2. The first-order valence-electron chi connectivity index (χ1n) is 14.3. The zero-order valence-electron chi connectivity index (χ0n) is 27.0. The number of ether oxygens (including phenoxy) is 10. The van der Waals surface area contributed by atoms with E-state index in [1.807, 2.05) is 0 Å². The molecule has 0 saturated carbocycles. The Hall–Kier alpha value is -4.36. The Bertz CT molecular complexity index is 1200. The molecule has 0 aromatic rings. The molecule has 10 atom stereocenters. The highest BCUT2D eigenvalue weighted by atomic mass is 16.8. The molecule has 47 heavy (non-hydrogen) atoms. The van der Waals surface area contributed by atoms with Crippen molar-refractivity contribution in [2.24, 2.45) is 0 Å². The van der Waals surface area contributed by atoms with Gasteiger partial charge in [-0.25, -0.2) is 0 Å². The molecule has 1 unspecified atom stereocenters. The second-order valence-electron chi connectivity index (χ2n) is 10.4. The van der Waals surface area contributed by atoms with Crippen molar-refractivity contribution in [3.8, 4) is 0 Å². The van der Waals surface area contributed by atoms with Crippen LogP contribution in [0, 0.1) is 0 Å². The Kier molecular flexibility index (Phi) is 14.5. The van der Waals surface area contributed by atoms with Gasteiger partial charge >= 0.3 is 41.8 Å². The maximum atomic E-state index is 12.3. The zero-order chi connectivity index (χ0) is 35.6. The number of carbonyl (C=O) groups is 8. The molecule has 264 valence electrons. The van der Waals surface area contributed by atoms with Crippen molar-refractivity contribution in [2.45, 2.75) is 117 Å². The zero-order valence-corrected chi connectivity index (χ0v) is 27.0. The lowest BCUT2D eigenvalue weighted by Gasteiger charge is -2.48. The second-order valence-corrected chi connectivity index (χ2v) is 10.4. The van der Waals surface area contributed by atoms with Crippen LogP contribution in [0.4, 0.5) is 0 Å².